The van der Waals surface area contributed by atoms with E-state index in [0.29, 0.717) is 12.2 Å². The molecule has 0 aliphatic heterocycles. The van der Waals surface area contributed by atoms with Crippen molar-refractivity contribution in [1.29, 1.82) is 0 Å². The number of sulfonamides is 1. The predicted octanol–water partition coefficient (Wildman–Crippen LogP) is 2.36. The third kappa shape index (κ3) is 4.23. The number of likely N-dealkylation sites (N-methyl/N-ethyl adjacent to an activating group) is 1. The van der Waals surface area contributed by atoms with Crippen molar-refractivity contribution in [2.24, 2.45) is 0 Å². The van der Waals surface area contributed by atoms with Crippen LogP contribution in [-0.2, 0) is 10.0 Å². The Morgan fingerprint density at radius 3 is 2.27 bits per heavy atom. The van der Waals surface area contributed by atoms with Gasteiger partial charge in [-0.05, 0) is 44.2 Å². The van der Waals surface area contributed by atoms with Crippen molar-refractivity contribution in [1.82, 2.24) is 4.90 Å². The van der Waals surface area contributed by atoms with E-state index in [0.717, 1.165) is 0 Å². The molecule has 0 spiro atoms. The van der Waals surface area contributed by atoms with Crippen molar-refractivity contribution in [3.05, 3.63) is 60.2 Å². The maximum absolute atomic E-state index is 13.1. The molecule has 0 bridgehead atoms. The Labute approximate surface area is 154 Å². The van der Waals surface area contributed by atoms with E-state index in [-0.39, 0.29) is 36.1 Å². The van der Waals surface area contributed by atoms with Crippen molar-refractivity contribution in [2.75, 3.05) is 30.5 Å². The topological polar surface area (TPSA) is 77.9 Å². The number of anilines is 1. The summed E-state index contributed by atoms with van der Waals surface area (Å²) in [6.07, 6.45) is 0. The zero-order valence-corrected chi connectivity index (χ0v) is 15.8. The number of hydrogen-bond acceptors (Lipinski definition) is 4. The summed E-state index contributed by atoms with van der Waals surface area (Å²) in [7, 11) is -3.79. The molecule has 0 fully saturated rings. The van der Waals surface area contributed by atoms with Gasteiger partial charge in [0.05, 0.1) is 17.2 Å². The zero-order chi connectivity index (χ0) is 19.2. The van der Waals surface area contributed by atoms with Crippen molar-refractivity contribution in [3.8, 4) is 0 Å². The van der Waals surface area contributed by atoms with Gasteiger partial charge in [-0.1, -0.05) is 24.3 Å². The fourth-order valence-electron chi connectivity index (χ4n) is 2.71. The van der Waals surface area contributed by atoms with Crippen LogP contribution in [0, 0.1) is 0 Å². The summed E-state index contributed by atoms with van der Waals surface area (Å²) in [5, 5.41) is 9.08. The Kier molecular flexibility index (Phi) is 6.76. The normalized spacial score (nSPS) is 11.2. The van der Waals surface area contributed by atoms with Gasteiger partial charge in [0, 0.05) is 25.2 Å². The molecule has 2 aromatic rings. The molecule has 0 aliphatic carbocycles. The van der Waals surface area contributed by atoms with Crippen molar-refractivity contribution >= 4 is 21.6 Å². The molecule has 140 valence electrons. The smallest absolute Gasteiger partial charge is 0.264 e. The minimum Gasteiger partial charge on any atom is -0.395 e. The number of benzene rings is 2. The van der Waals surface area contributed by atoms with Crippen molar-refractivity contribution in [2.45, 2.75) is 18.7 Å². The lowest BCUT2D eigenvalue weighted by Gasteiger charge is -2.24. The molecule has 0 radical (unpaired) electrons. The quantitative estimate of drug-likeness (QED) is 0.767. The molecule has 26 heavy (non-hydrogen) atoms. The first kappa shape index (κ1) is 19.9. The van der Waals surface area contributed by atoms with Gasteiger partial charge >= 0.3 is 0 Å². The summed E-state index contributed by atoms with van der Waals surface area (Å²) < 4.78 is 27.4. The fourth-order valence-corrected chi connectivity index (χ4v) is 4.23. The first-order chi connectivity index (χ1) is 12.5. The number of rotatable bonds is 8. The van der Waals surface area contributed by atoms with Gasteiger partial charge in [-0.2, -0.15) is 0 Å². The van der Waals surface area contributed by atoms with Crippen LogP contribution in [0.1, 0.15) is 24.2 Å². The third-order valence-electron chi connectivity index (χ3n) is 4.04. The Morgan fingerprint density at radius 1 is 1.00 bits per heavy atom. The molecule has 2 aromatic carbocycles. The third-order valence-corrected chi connectivity index (χ3v) is 5.94. The summed E-state index contributed by atoms with van der Waals surface area (Å²) in [6.45, 7) is 4.34. The van der Waals surface area contributed by atoms with Gasteiger partial charge in [0.1, 0.15) is 0 Å². The molecule has 0 unspecified atom stereocenters. The second-order valence-corrected chi connectivity index (χ2v) is 7.50. The van der Waals surface area contributed by atoms with Crippen molar-refractivity contribution in [3.63, 3.8) is 0 Å². The van der Waals surface area contributed by atoms with E-state index in [1.165, 1.54) is 21.3 Å². The van der Waals surface area contributed by atoms with Crippen LogP contribution < -0.4 is 4.31 Å². The van der Waals surface area contributed by atoms with Gasteiger partial charge < -0.3 is 10.0 Å². The molecule has 0 saturated heterocycles. The van der Waals surface area contributed by atoms with Crippen LogP contribution in [0.25, 0.3) is 0 Å². The molecular formula is C19H24N2O4S. The van der Waals surface area contributed by atoms with Gasteiger partial charge in [-0.25, -0.2) is 8.42 Å². The lowest BCUT2D eigenvalue weighted by molar-refractivity contribution is 0.0731. The maximum atomic E-state index is 13.1. The number of carbonyl (C=O) groups excluding carboxylic acids is 1. The van der Waals surface area contributed by atoms with E-state index < -0.39 is 10.0 Å². The van der Waals surface area contributed by atoms with E-state index in [1.54, 1.807) is 43.3 Å². The highest BCUT2D eigenvalue weighted by Gasteiger charge is 2.25. The number of aliphatic hydroxyl groups is 1. The molecule has 0 aliphatic rings. The summed E-state index contributed by atoms with van der Waals surface area (Å²) in [6, 6.07) is 14.9. The molecule has 0 saturated carbocycles. The summed E-state index contributed by atoms with van der Waals surface area (Å²) in [4.78, 5) is 14.1. The standard InChI is InChI=1S/C19H24N2O4S/c1-3-20(13-14-22)19(23)16-9-8-12-18(15-16)26(24,25)21(4-2)17-10-6-5-7-11-17/h5-12,15,22H,3-4,13-14H2,1-2H3. The van der Waals surface area contributed by atoms with Gasteiger partial charge in [0.25, 0.3) is 15.9 Å². The summed E-state index contributed by atoms with van der Waals surface area (Å²) >= 11 is 0. The van der Waals surface area contributed by atoms with Crippen LogP contribution in [0.3, 0.4) is 0 Å². The monoisotopic (exact) mass is 376 g/mol. The minimum absolute atomic E-state index is 0.0640. The van der Waals surface area contributed by atoms with E-state index in [4.69, 9.17) is 5.11 Å². The molecule has 0 atom stereocenters. The number of hydrogen-bond donors (Lipinski definition) is 1. The van der Waals surface area contributed by atoms with Crippen LogP contribution in [0.2, 0.25) is 0 Å². The number of amides is 1. The summed E-state index contributed by atoms with van der Waals surface area (Å²) in [5.74, 6) is -0.304. The molecule has 0 aromatic heterocycles. The second kappa shape index (κ2) is 8.82. The lowest BCUT2D eigenvalue weighted by atomic mass is 10.2. The lowest BCUT2D eigenvalue weighted by Crippen LogP contribution is -2.34. The zero-order valence-electron chi connectivity index (χ0n) is 15.0. The Bertz CT molecular complexity index is 838. The average molecular weight is 376 g/mol. The summed E-state index contributed by atoms with van der Waals surface area (Å²) in [5.41, 5.74) is 0.854. The molecule has 1 amide bonds. The van der Waals surface area contributed by atoms with Crippen molar-refractivity contribution < 1.29 is 18.3 Å². The molecule has 0 heterocycles. The van der Waals surface area contributed by atoms with E-state index in [1.807, 2.05) is 13.0 Å². The first-order valence-electron chi connectivity index (χ1n) is 8.53. The second-order valence-electron chi connectivity index (χ2n) is 5.64. The van der Waals surface area contributed by atoms with Gasteiger partial charge in [-0.15, -0.1) is 0 Å². The fraction of sp³-hybridized carbons (Fsp3) is 0.316. The number of aliphatic hydroxyl groups excluding tert-OH is 1. The highest BCUT2D eigenvalue weighted by atomic mass is 32.2. The predicted molar refractivity (Wildman–Crippen MR) is 102 cm³/mol. The van der Waals surface area contributed by atoms with Gasteiger partial charge in [-0.3, -0.25) is 9.10 Å². The number of carbonyl (C=O) groups is 1. The Balaban J connectivity index is 2.40. The molecule has 7 heteroatoms. The highest BCUT2D eigenvalue weighted by molar-refractivity contribution is 7.92. The highest BCUT2D eigenvalue weighted by Crippen LogP contribution is 2.24. The number of nitrogens with zero attached hydrogens (tertiary/aromatic N) is 2. The molecule has 6 nitrogen and oxygen atoms in total. The Hall–Kier alpha value is -2.38. The van der Waals surface area contributed by atoms with Gasteiger partial charge in [0.2, 0.25) is 0 Å². The first-order valence-corrected chi connectivity index (χ1v) is 9.97. The van der Waals surface area contributed by atoms with Crippen LogP contribution in [-0.4, -0.2) is 50.6 Å². The van der Waals surface area contributed by atoms with E-state index in [2.05, 4.69) is 0 Å². The van der Waals surface area contributed by atoms with E-state index in [9.17, 15) is 13.2 Å². The van der Waals surface area contributed by atoms with Crippen LogP contribution >= 0.6 is 0 Å². The molecule has 2 rings (SSSR count). The largest absolute Gasteiger partial charge is 0.395 e. The molecular weight excluding hydrogens is 352 g/mol. The minimum atomic E-state index is -3.79. The number of para-hydroxylation sites is 1. The van der Waals surface area contributed by atoms with Crippen LogP contribution in [0.5, 0.6) is 0 Å². The maximum Gasteiger partial charge on any atom is 0.264 e. The van der Waals surface area contributed by atoms with Gasteiger partial charge in [0.15, 0.2) is 0 Å². The van der Waals surface area contributed by atoms with Crippen LogP contribution in [0.4, 0.5) is 5.69 Å². The average Bonchev–Trinajstić information content (AvgIpc) is 2.67. The van der Waals surface area contributed by atoms with E-state index >= 15 is 0 Å². The Morgan fingerprint density at radius 2 is 1.69 bits per heavy atom. The SMILES string of the molecule is CCN(CCO)C(=O)c1cccc(S(=O)(=O)N(CC)c2ccccc2)c1. The molecule has 1 N–H and O–H groups in total. The van der Waals surface area contributed by atoms with Crippen LogP contribution in [0.15, 0.2) is 59.5 Å².